The Balaban J connectivity index is 1.53. The highest BCUT2D eigenvalue weighted by molar-refractivity contribution is 5.33. The summed E-state index contributed by atoms with van der Waals surface area (Å²) in [6.45, 7) is 11.3. The minimum atomic E-state index is 0.479. The zero-order valence-corrected chi connectivity index (χ0v) is 15.2. The third-order valence-electron chi connectivity index (χ3n) is 6.30. The summed E-state index contributed by atoms with van der Waals surface area (Å²) in [4.78, 5) is 13.6. The quantitative estimate of drug-likeness (QED) is 0.850. The van der Waals surface area contributed by atoms with Gasteiger partial charge in [-0.05, 0) is 30.6 Å². The molecule has 1 aromatic rings. The van der Waals surface area contributed by atoms with E-state index in [2.05, 4.69) is 46.6 Å². The van der Waals surface area contributed by atoms with Crippen LogP contribution in [0.25, 0.3) is 0 Å². The van der Waals surface area contributed by atoms with Gasteiger partial charge in [0.25, 0.3) is 0 Å². The van der Waals surface area contributed by atoms with E-state index in [9.17, 15) is 0 Å². The van der Waals surface area contributed by atoms with Crippen molar-refractivity contribution in [3.63, 3.8) is 0 Å². The van der Waals surface area contributed by atoms with Gasteiger partial charge in [0.2, 0.25) is 5.95 Å². The Morgan fingerprint density at radius 1 is 1.17 bits per heavy atom. The third-order valence-corrected chi connectivity index (χ3v) is 6.30. The Kier molecular flexibility index (Phi) is 5.05. The zero-order valence-electron chi connectivity index (χ0n) is 15.2. The van der Waals surface area contributed by atoms with Crippen LogP contribution in [0, 0.1) is 22.7 Å². The molecule has 0 bridgehead atoms. The van der Waals surface area contributed by atoms with Crippen LogP contribution < -0.4 is 4.90 Å². The standard InChI is InChI=1S/C19H29N5/c1-4-19(2,3)16-5-6-17(11-16)23-7-9-24(10-8-23)18-21-13-15(12-20)14-22-18/h13-14,16-17H,4-11H2,1-3H3. The number of nitrogens with zero attached hydrogens (tertiary/aromatic N) is 5. The Morgan fingerprint density at radius 3 is 2.42 bits per heavy atom. The molecule has 2 fully saturated rings. The molecule has 1 saturated carbocycles. The summed E-state index contributed by atoms with van der Waals surface area (Å²) in [6.07, 6.45) is 8.58. The van der Waals surface area contributed by atoms with Crippen LogP contribution in [0.2, 0.25) is 0 Å². The van der Waals surface area contributed by atoms with Gasteiger partial charge in [-0.25, -0.2) is 9.97 Å². The Labute approximate surface area is 145 Å². The first-order valence-electron chi connectivity index (χ1n) is 9.24. The summed E-state index contributed by atoms with van der Waals surface area (Å²) in [5, 5.41) is 8.84. The smallest absolute Gasteiger partial charge is 0.225 e. The summed E-state index contributed by atoms with van der Waals surface area (Å²) < 4.78 is 0. The summed E-state index contributed by atoms with van der Waals surface area (Å²) in [5.41, 5.74) is 1.00. The van der Waals surface area contributed by atoms with Crippen molar-refractivity contribution in [2.24, 2.45) is 11.3 Å². The number of rotatable bonds is 4. The number of anilines is 1. The molecule has 0 radical (unpaired) electrons. The molecule has 130 valence electrons. The average Bonchev–Trinajstić information content (AvgIpc) is 3.13. The molecule has 1 aromatic heterocycles. The first kappa shape index (κ1) is 17.2. The van der Waals surface area contributed by atoms with Gasteiger partial charge in [0.15, 0.2) is 0 Å². The molecule has 1 saturated heterocycles. The Morgan fingerprint density at radius 2 is 1.83 bits per heavy atom. The van der Waals surface area contributed by atoms with E-state index < -0.39 is 0 Å². The first-order valence-corrected chi connectivity index (χ1v) is 9.24. The van der Waals surface area contributed by atoms with Crippen molar-refractivity contribution in [1.82, 2.24) is 14.9 Å². The maximum absolute atomic E-state index is 8.84. The van der Waals surface area contributed by atoms with Crippen LogP contribution in [0.5, 0.6) is 0 Å². The van der Waals surface area contributed by atoms with Crippen LogP contribution in [0.3, 0.4) is 0 Å². The second-order valence-corrected chi connectivity index (χ2v) is 7.91. The Bertz CT molecular complexity index is 581. The van der Waals surface area contributed by atoms with E-state index in [1.165, 1.54) is 25.7 Å². The Hall–Kier alpha value is -1.67. The highest BCUT2D eigenvalue weighted by Gasteiger charge is 2.37. The summed E-state index contributed by atoms with van der Waals surface area (Å²) in [5.74, 6) is 1.62. The summed E-state index contributed by atoms with van der Waals surface area (Å²) >= 11 is 0. The summed E-state index contributed by atoms with van der Waals surface area (Å²) in [7, 11) is 0. The molecule has 2 atom stereocenters. The molecular weight excluding hydrogens is 298 g/mol. The van der Waals surface area contributed by atoms with Crippen molar-refractivity contribution in [2.75, 3.05) is 31.1 Å². The van der Waals surface area contributed by atoms with E-state index in [0.717, 1.165) is 44.1 Å². The average molecular weight is 327 g/mol. The van der Waals surface area contributed by atoms with E-state index in [-0.39, 0.29) is 0 Å². The molecule has 5 nitrogen and oxygen atoms in total. The van der Waals surface area contributed by atoms with Crippen LogP contribution in [0.15, 0.2) is 12.4 Å². The molecule has 1 aliphatic heterocycles. The minimum Gasteiger partial charge on any atom is -0.338 e. The van der Waals surface area contributed by atoms with Gasteiger partial charge in [-0.1, -0.05) is 27.2 Å². The van der Waals surface area contributed by atoms with Crippen LogP contribution in [0.4, 0.5) is 5.95 Å². The lowest BCUT2D eigenvalue weighted by molar-refractivity contribution is 0.158. The van der Waals surface area contributed by atoms with Gasteiger partial charge in [0, 0.05) is 32.2 Å². The van der Waals surface area contributed by atoms with Gasteiger partial charge in [0.1, 0.15) is 6.07 Å². The van der Waals surface area contributed by atoms with Gasteiger partial charge in [-0.2, -0.15) is 5.26 Å². The monoisotopic (exact) mass is 327 g/mol. The van der Waals surface area contributed by atoms with Crippen LogP contribution in [-0.4, -0.2) is 47.1 Å². The highest BCUT2D eigenvalue weighted by Crippen LogP contribution is 2.43. The van der Waals surface area contributed by atoms with Crippen LogP contribution in [0.1, 0.15) is 52.0 Å². The lowest BCUT2D eigenvalue weighted by Gasteiger charge is -2.38. The fourth-order valence-corrected chi connectivity index (χ4v) is 4.12. The van der Waals surface area contributed by atoms with Crippen molar-refractivity contribution in [2.45, 2.75) is 52.5 Å². The predicted molar refractivity (Wildman–Crippen MR) is 95.7 cm³/mol. The van der Waals surface area contributed by atoms with Gasteiger partial charge >= 0.3 is 0 Å². The topological polar surface area (TPSA) is 56.0 Å². The first-order chi connectivity index (χ1) is 11.5. The molecule has 24 heavy (non-hydrogen) atoms. The fraction of sp³-hybridized carbons (Fsp3) is 0.737. The molecule has 0 amide bonds. The molecule has 1 aliphatic carbocycles. The van der Waals surface area contributed by atoms with E-state index in [1.54, 1.807) is 12.4 Å². The van der Waals surface area contributed by atoms with E-state index >= 15 is 0 Å². The van der Waals surface area contributed by atoms with E-state index in [1.807, 2.05) is 0 Å². The third kappa shape index (κ3) is 3.54. The van der Waals surface area contributed by atoms with Gasteiger partial charge in [-0.15, -0.1) is 0 Å². The molecule has 5 heteroatoms. The molecule has 0 N–H and O–H groups in total. The van der Waals surface area contributed by atoms with Crippen molar-refractivity contribution in [3.05, 3.63) is 18.0 Å². The van der Waals surface area contributed by atoms with Crippen LogP contribution in [-0.2, 0) is 0 Å². The van der Waals surface area contributed by atoms with Crippen molar-refractivity contribution < 1.29 is 0 Å². The molecular formula is C19H29N5. The lowest BCUT2D eigenvalue weighted by atomic mass is 9.76. The largest absolute Gasteiger partial charge is 0.338 e. The summed E-state index contributed by atoms with van der Waals surface area (Å²) in [6, 6.07) is 2.82. The molecule has 0 aromatic carbocycles. The van der Waals surface area contributed by atoms with Gasteiger partial charge in [-0.3, -0.25) is 4.90 Å². The SMILES string of the molecule is CCC(C)(C)C1CCC(N2CCN(c3ncc(C#N)cn3)CC2)C1. The fourth-order valence-electron chi connectivity index (χ4n) is 4.12. The van der Waals surface area contributed by atoms with Crippen molar-refractivity contribution in [1.29, 1.82) is 5.26 Å². The normalized spacial score (nSPS) is 25.7. The maximum Gasteiger partial charge on any atom is 0.225 e. The van der Waals surface area contributed by atoms with Crippen molar-refractivity contribution in [3.8, 4) is 6.07 Å². The number of aromatic nitrogens is 2. The second kappa shape index (κ2) is 7.06. The molecule has 2 heterocycles. The maximum atomic E-state index is 8.84. The number of piperazine rings is 1. The van der Waals surface area contributed by atoms with Crippen LogP contribution >= 0.6 is 0 Å². The van der Waals surface area contributed by atoms with Gasteiger partial charge in [0.05, 0.1) is 18.0 Å². The van der Waals surface area contributed by atoms with Crippen molar-refractivity contribution >= 4 is 5.95 Å². The number of hydrogen-bond donors (Lipinski definition) is 0. The second-order valence-electron chi connectivity index (χ2n) is 7.91. The molecule has 0 spiro atoms. The molecule has 3 rings (SSSR count). The number of nitriles is 1. The highest BCUT2D eigenvalue weighted by atomic mass is 15.3. The minimum absolute atomic E-state index is 0.479. The number of hydrogen-bond acceptors (Lipinski definition) is 5. The predicted octanol–water partition coefficient (Wildman–Crippen LogP) is 3.08. The molecule has 2 aliphatic rings. The lowest BCUT2D eigenvalue weighted by Crippen LogP contribution is -2.50. The zero-order chi connectivity index (χ0) is 17.2. The van der Waals surface area contributed by atoms with Gasteiger partial charge < -0.3 is 4.90 Å². The van der Waals surface area contributed by atoms with E-state index in [0.29, 0.717) is 11.0 Å². The van der Waals surface area contributed by atoms with E-state index in [4.69, 9.17) is 5.26 Å². The molecule has 2 unspecified atom stereocenters.